The van der Waals surface area contributed by atoms with Gasteiger partial charge in [-0.1, -0.05) is 84.9 Å². The highest BCUT2D eigenvalue weighted by Crippen LogP contribution is 2.59. The Morgan fingerprint density at radius 2 is 1.25 bits per heavy atom. The number of amides is 2. The monoisotopic (exact) mass is 475 g/mol. The van der Waals surface area contributed by atoms with Gasteiger partial charge in [0.1, 0.15) is 0 Å². The van der Waals surface area contributed by atoms with Gasteiger partial charge in [0.15, 0.2) is 0 Å². The van der Waals surface area contributed by atoms with Crippen LogP contribution in [0.2, 0.25) is 0 Å². The lowest BCUT2D eigenvalue weighted by molar-refractivity contribution is -0.122. The predicted molar refractivity (Wildman–Crippen MR) is 137 cm³/mol. The Balaban J connectivity index is 1.45. The number of fused-ring (bicyclic) bond motifs is 5. The van der Waals surface area contributed by atoms with E-state index in [0.29, 0.717) is 5.69 Å². The van der Waals surface area contributed by atoms with E-state index >= 15 is 0 Å². The number of nitrogens with zero attached hydrogens (tertiary/aromatic N) is 1. The van der Waals surface area contributed by atoms with E-state index < -0.39 is 17.8 Å². The Hall–Kier alpha value is -4.25. The summed E-state index contributed by atoms with van der Waals surface area (Å²) in [6, 6.07) is 27.0. The SMILES string of the molecule is CCOC(=O)c1ccccc1N1C(=O)C2C3C=CC(C3=C(c3ccccc3)c3ccccc3)C2C1=O. The van der Waals surface area contributed by atoms with Gasteiger partial charge in [-0.15, -0.1) is 0 Å². The highest BCUT2D eigenvalue weighted by Gasteiger charge is 2.62. The quantitative estimate of drug-likeness (QED) is 0.286. The summed E-state index contributed by atoms with van der Waals surface area (Å²) in [5, 5.41) is 0. The zero-order valence-corrected chi connectivity index (χ0v) is 19.8. The minimum absolute atomic E-state index is 0.174. The zero-order valence-electron chi connectivity index (χ0n) is 19.8. The lowest BCUT2D eigenvalue weighted by Gasteiger charge is -2.22. The molecule has 4 atom stereocenters. The summed E-state index contributed by atoms with van der Waals surface area (Å²) in [6.07, 6.45) is 4.16. The summed E-state index contributed by atoms with van der Waals surface area (Å²) >= 11 is 0. The van der Waals surface area contributed by atoms with Gasteiger partial charge in [0.2, 0.25) is 11.8 Å². The van der Waals surface area contributed by atoms with E-state index in [2.05, 4.69) is 36.4 Å². The Morgan fingerprint density at radius 3 is 1.78 bits per heavy atom. The normalized spacial score (nSPS) is 23.8. The molecular formula is C31H25NO4. The van der Waals surface area contributed by atoms with E-state index in [-0.39, 0.29) is 35.8 Å². The lowest BCUT2D eigenvalue weighted by atomic mass is 9.85. The van der Waals surface area contributed by atoms with Crippen LogP contribution in [0.1, 0.15) is 28.4 Å². The number of carbonyl (C=O) groups excluding carboxylic acids is 3. The van der Waals surface area contributed by atoms with Gasteiger partial charge in [-0.05, 0) is 41.3 Å². The minimum atomic E-state index is -0.539. The van der Waals surface area contributed by atoms with Crippen LogP contribution in [-0.4, -0.2) is 24.4 Å². The van der Waals surface area contributed by atoms with Crippen LogP contribution in [0.25, 0.3) is 5.57 Å². The van der Waals surface area contributed by atoms with Gasteiger partial charge in [0.05, 0.1) is 29.7 Å². The number of ether oxygens (including phenoxy) is 1. The van der Waals surface area contributed by atoms with Crippen LogP contribution >= 0.6 is 0 Å². The van der Waals surface area contributed by atoms with Crippen LogP contribution < -0.4 is 4.90 Å². The largest absolute Gasteiger partial charge is 0.462 e. The predicted octanol–water partition coefficient (Wildman–Crippen LogP) is 5.29. The first kappa shape index (κ1) is 22.2. The molecule has 0 N–H and O–H groups in total. The van der Waals surface area contributed by atoms with Crippen molar-refractivity contribution in [3.05, 3.63) is 119 Å². The Morgan fingerprint density at radius 1 is 0.750 bits per heavy atom. The van der Waals surface area contributed by atoms with Gasteiger partial charge in [-0.2, -0.15) is 0 Å². The number of imide groups is 1. The summed E-state index contributed by atoms with van der Waals surface area (Å²) < 4.78 is 5.19. The molecular weight excluding hydrogens is 450 g/mol. The molecule has 3 aromatic rings. The topological polar surface area (TPSA) is 63.7 Å². The molecule has 2 aliphatic carbocycles. The summed E-state index contributed by atoms with van der Waals surface area (Å²) in [5.74, 6) is -2.37. The smallest absolute Gasteiger partial charge is 0.340 e. The van der Waals surface area contributed by atoms with Crippen molar-refractivity contribution in [1.82, 2.24) is 0 Å². The molecule has 1 saturated heterocycles. The van der Waals surface area contributed by atoms with Crippen molar-refractivity contribution in [1.29, 1.82) is 0 Å². The molecule has 2 fully saturated rings. The first-order valence-electron chi connectivity index (χ1n) is 12.3. The van der Waals surface area contributed by atoms with Crippen molar-refractivity contribution in [3.63, 3.8) is 0 Å². The fraction of sp³-hybridized carbons (Fsp3) is 0.194. The third-order valence-electron chi connectivity index (χ3n) is 7.47. The van der Waals surface area contributed by atoms with Crippen molar-refractivity contribution in [2.75, 3.05) is 11.5 Å². The van der Waals surface area contributed by atoms with E-state index in [9.17, 15) is 14.4 Å². The molecule has 1 heterocycles. The van der Waals surface area contributed by atoms with Crippen LogP contribution in [0.4, 0.5) is 5.69 Å². The van der Waals surface area contributed by atoms with Crippen molar-refractivity contribution >= 4 is 29.0 Å². The van der Waals surface area contributed by atoms with Crippen molar-refractivity contribution in [2.24, 2.45) is 23.7 Å². The van der Waals surface area contributed by atoms with Crippen LogP contribution in [0, 0.1) is 23.7 Å². The second-order valence-electron chi connectivity index (χ2n) is 9.30. The molecule has 0 spiro atoms. The van der Waals surface area contributed by atoms with Crippen LogP contribution in [0.3, 0.4) is 0 Å². The molecule has 5 heteroatoms. The highest BCUT2D eigenvalue weighted by atomic mass is 16.5. The first-order valence-corrected chi connectivity index (χ1v) is 12.3. The molecule has 4 unspecified atom stereocenters. The third-order valence-corrected chi connectivity index (χ3v) is 7.47. The average Bonchev–Trinajstić information content (AvgIpc) is 3.54. The second kappa shape index (κ2) is 8.76. The Labute approximate surface area is 209 Å². The fourth-order valence-corrected chi connectivity index (χ4v) is 6.09. The molecule has 3 aliphatic rings. The van der Waals surface area contributed by atoms with Gasteiger partial charge in [0.25, 0.3) is 0 Å². The van der Waals surface area contributed by atoms with E-state index in [0.717, 1.165) is 22.3 Å². The van der Waals surface area contributed by atoms with E-state index in [1.807, 2.05) is 36.4 Å². The number of rotatable bonds is 5. The van der Waals surface area contributed by atoms with Crippen LogP contribution in [0.5, 0.6) is 0 Å². The number of carbonyl (C=O) groups is 3. The maximum Gasteiger partial charge on any atom is 0.340 e. The molecule has 6 rings (SSSR count). The molecule has 2 amide bonds. The maximum atomic E-state index is 13.9. The van der Waals surface area contributed by atoms with Gasteiger partial charge >= 0.3 is 5.97 Å². The van der Waals surface area contributed by atoms with Crippen LogP contribution in [-0.2, 0) is 14.3 Å². The molecule has 36 heavy (non-hydrogen) atoms. The van der Waals surface area contributed by atoms with Gasteiger partial charge in [0, 0.05) is 11.8 Å². The number of esters is 1. The van der Waals surface area contributed by atoms with Crippen LogP contribution in [0.15, 0.2) is 103 Å². The molecule has 0 radical (unpaired) electrons. The van der Waals surface area contributed by atoms with E-state index in [1.54, 1.807) is 31.2 Å². The molecule has 3 aromatic carbocycles. The second-order valence-corrected chi connectivity index (χ2v) is 9.30. The van der Waals surface area contributed by atoms with Crippen molar-refractivity contribution < 1.29 is 19.1 Å². The highest BCUT2D eigenvalue weighted by molar-refractivity contribution is 6.25. The number of benzene rings is 3. The number of anilines is 1. The maximum absolute atomic E-state index is 13.9. The van der Waals surface area contributed by atoms with E-state index in [1.165, 1.54) is 4.90 Å². The lowest BCUT2D eigenvalue weighted by Crippen LogP contribution is -2.34. The third kappa shape index (κ3) is 3.27. The number of allylic oxidation sites excluding steroid dienone is 3. The molecule has 1 saturated carbocycles. The molecule has 1 aliphatic heterocycles. The number of hydrogen-bond donors (Lipinski definition) is 0. The van der Waals surface area contributed by atoms with Crippen molar-refractivity contribution in [3.8, 4) is 0 Å². The number of hydrogen-bond acceptors (Lipinski definition) is 4. The number of para-hydroxylation sites is 1. The van der Waals surface area contributed by atoms with Gasteiger partial charge in [-0.25, -0.2) is 9.69 Å². The fourth-order valence-electron chi connectivity index (χ4n) is 6.09. The Kier molecular flexibility index (Phi) is 5.41. The van der Waals surface area contributed by atoms with Crippen molar-refractivity contribution in [2.45, 2.75) is 6.92 Å². The van der Waals surface area contributed by atoms with E-state index in [4.69, 9.17) is 4.74 Å². The van der Waals surface area contributed by atoms with Gasteiger partial charge < -0.3 is 4.74 Å². The molecule has 178 valence electrons. The molecule has 0 aromatic heterocycles. The summed E-state index contributed by atoms with van der Waals surface area (Å²) in [4.78, 5) is 41.5. The molecule has 2 bridgehead atoms. The summed E-state index contributed by atoms with van der Waals surface area (Å²) in [7, 11) is 0. The summed E-state index contributed by atoms with van der Waals surface area (Å²) in [6.45, 7) is 1.94. The first-order chi connectivity index (χ1) is 17.6. The average molecular weight is 476 g/mol. The minimum Gasteiger partial charge on any atom is -0.462 e. The molecule has 5 nitrogen and oxygen atoms in total. The zero-order chi connectivity index (χ0) is 24.8. The van der Waals surface area contributed by atoms with Gasteiger partial charge in [-0.3, -0.25) is 9.59 Å². The standard InChI is InChI=1S/C31H25NO4/c1-2-36-31(35)21-15-9-10-16-24(21)32-29(33)27-22-17-18-23(28(27)30(32)34)26(22)25(19-11-5-3-6-12-19)20-13-7-4-8-14-20/h3-18,22-23,27-28H,2H2,1H3. The summed E-state index contributed by atoms with van der Waals surface area (Å²) in [5.41, 5.74) is 4.89. The Bertz CT molecular complexity index is 1350.